The normalized spacial score (nSPS) is 10.4. The zero-order valence-corrected chi connectivity index (χ0v) is 11.9. The Morgan fingerprint density at radius 2 is 2.06 bits per heavy atom. The molecule has 4 heteroatoms. The Hall–Kier alpha value is -1.55. The molecule has 2 rings (SSSR count). The number of carbonyl (C=O) groups is 1. The number of halogens is 1. The topological polar surface area (TPSA) is 42.2 Å². The lowest BCUT2D eigenvalue weighted by atomic mass is 10.1. The van der Waals surface area contributed by atoms with Gasteiger partial charge < -0.3 is 9.73 Å². The SMILES string of the molecule is Cc1cc(Br)cc(C(=O)NCc2ccc(C)o2)c1. The highest BCUT2D eigenvalue weighted by Crippen LogP contribution is 2.15. The fourth-order valence-electron chi connectivity index (χ4n) is 1.72. The number of nitrogens with one attached hydrogen (secondary N) is 1. The van der Waals surface area contributed by atoms with Crippen LogP contribution >= 0.6 is 15.9 Å². The van der Waals surface area contributed by atoms with Crippen molar-refractivity contribution in [3.63, 3.8) is 0 Å². The van der Waals surface area contributed by atoms with Crippen LogP contribution in [-0.2, 0) is 6.54 Å². The van der Waals surface area contributed by atoms with Crippen LogP contribution in [0.3, 0.4) is 0 Å². The molecule has 0 spiro atoms. The summed E-state index contributed by atoms with van der Waals surface area (Å²) in [4.78, 5) is 12.0. The van der Waals surface area contributed by atoms with E-state index in [1.807, 2.05) is 38.1 Å². The van der Waals surface area contributed by atoms with Crippen LogP contribution in [0.5, 0.6) is 0 Å². The van der Waals surface area contributed by atoms with E-state index in [1.54, 1.807) is 6.07 Å². The molecule has 1 amide bonds. The van der Waals surface area contributed by atoms with Crippen LogP contribution in [0.2, 0.25) is 0 Å². The first-order valence-electron chi connectivity index (χ1n) is 5.65. The molecule has 3 nitrogen and oxygen atoms in total. The van der Waals surface area contributed by atoms with Crippen molar-refractivity contribution in [1.29, 1.82) is 0 Å². The molecule has 1 N–H and O–H groups in total. The molecule has 1 aromatic carbocycles. The Morgan fingerprint density at radius 3 is 2.67 bits per heavy atom. The summed E-state index contributed by atoms with van der Waals surface area (Å²) in [5, 5.41) is 2.83. The fraction of sp³-hybridized carbons (Fsp3) is 0.214. The molecule has 1 heterocycles. The molecule has 94 valence electrons. The van der Waals surface area contributed by atoms with E-state index in [0.717, 1.165) is 21.6 Å². The molecule has 0 aliphatic heterocycles. The maximum absolute atomic E-state index is 12.0. The van der Waals surface area contributed by atoms with E-state index >= 15 is 0 Å². The lowest BCUT2D eigenvalue weighted by Crippen LogP contribution is -2.22. The van der Waals surface area contributed by atoms with Gasteiger partial charge in [0.15, 0.2) is 0 Å². The number of hydrogen-bond acceptors (Lipinski definition) is 2. The monoisotopic (exact) mass is 307 g/mol. The zero-order chi connectivity index (χ0) is 13.1. The summed E-state index contributed by atoms with van der Waals surface area (Å²) in [5.74, 6) is 1.50. The summed E-state index contributed by atoms with van der Waals surface area (Å²) in [6.07, 6.45) is 0. The van der Waals surface area contributed by atoms with Gasteiger partial charge in [-0.3, -0.25) is 4.79 Å². The van der Waals surface area contributed by atoms with E-state index in [0.29, 0.717) is 12.1 Å². The Kier molecular flexibility index (Phi) is 3.87. The second-order valence-corrected chi connectivity index (χ2v) is 5.13. The van der Waals surface area contributed by atoms with Gasteiger partial charge in [-0.05, 0) is 49.7 Å². The first kappa shape index (κ1) is 12.9. The Labute approximate surface area is 114 Å². The number of rotatable bonds is 3. The van der Waals surface area contributed by atoms with Crippen LogP contribution in [0.15, 0.2) is 39.2 Å². The third kappa shape index (κ3) is 3.23. The highest BCUT2D eigenvalue weighted by atomic mass is 79.9. The summed E-state index contributed by atoms with van der Waals surface area (Å²) in [6.45, 7) is 4.23. The lowest BCUT2D eigenvalue weighted by molar-refractivity contribution is 0.0947. The summed E-state index contributed by atoms with van der Waals surface area (Å²) < 4.78 is 6.30. The van der Waals surface area contributed by atoms with E-state index in [1.165, 1.54) is 0 Å². The summed E-state index contributed by atoms with van der Waals surface area (Å²) in [7, 11) is 0. The molecular formula is C14H14BrNO2. The quantitative estimate of drug-likeness (QED) is 0.941. The van der Waals surface area contributed by atoms with Crippen LogP contribution < -0.4 is 5.32 Å². The maximum Gasteiger partial charge on any atom is 0.251 e. The van der Waals surface area contributed by atoms with Gasteiger partial charge in [0.2, 0.25) is 0 Å². The molecule has 0 saturated carbocycles. The zero-order valence-electron chi connectivity index (χ0n) is 10.3. The number of furan rings is 1. The molecule has 0 saturated heterocycles. The molecule has 0 atom stereocenters. The van der Waals surface area contributed by atoms with Crippen molar-refractivity contribution in [2.24, 2.45) is 0 Å². The first-order chi connectivity index (χ1) is 8.54. The molecule has 0 aliphatic carbocycles. The van der Waals surface area contributed by atoms with Crippen LogP contribution in [0, 0.1) is 13.8 Å². The van der Waals surface area contributed by atoms with Gasteiger partial charge in [-0.15, -0.1) is 0 Å². The lowest BCUT2D eigenvalue weighted by Gasteiger charge is -2.05. The Bertz CT molecular complexity index is 555. The molecule has 0 radical (unpaired) electrons. The predicted molar refractivity (Wildman–Crippen MR) is 73.5 cm³/mol. The van der Waals surface area contributed by atoms with Crippen molar-refractivity contribution in [1.82, 2.24) is 5.32 Å². The highest BCUT2D eigenvalue weighted by Gasteiger charge is 2.07. The second-order valence-electron chi connectivity index (χ2n) is 4.21. The van der Waals surface area contributed by atoms with E-state index in [2.05, 4.69) is 21.2 Å². The molecule has 18 heavy (non-hydrogen) atoms. The molecule has 0 bridgehead atoms. The molecule has 1 aromatic heterocycles. The van der Waals surface area contributed by atoms with Crippen LogP contribution in [-0.4, -0.2) is 5.91 Å². The summed E-state index contributed by atoms with van der Waals surface area (Å²) in [6, 6.07) is 9.36. The van der Waals surface area contributed by atoms with E-state index in [9.17, 15) is 4.79 Å². The number of amides is 1. The van der Waals surface area contributed by atoms with Gasteiger partial charge in [-0.25, -0.2) is 0 Å². The van der Waals surface area contributed by atoms with Gasteiger partial charge in [-0.1, -0.05) is 15.9 Å². The molecule has 0 unspecified atom stereocenters. The smallest absolute Gasteiger partial charge is 0.251 e. The van der Waals surface area contributed by atoms with Crippen LogP contribution in [0.25, 0.3) is 0 Å². The molecular weight excluding hydrogens is 294 g/mol. The summed E-state index contributed by atoms with van der Waals surface area (Å²) >= 11 is 3.38. The maximum atomic E-state index is 12.0. The number of carbonyl (C=O) groups excluding carboxylic acids is 1. The largest absolute Gasteiger partial charge is 0.465 e. The van der Waals surface area contributed by atoms with Crippen molar-refractivity contribution in [3.05, 3.63) is 57.5 Å². The third-order valence-electron chi connectivity index (χ3n) is 2.52. The number of benzene rings is 1. The fourth-order valence-corrected chi connectivity index (χ4v) is 2.32. The van der Waals surface area contributed by atoms with E-state index in [-0.39, 0.29) is 5.91 Å². The van der Waals surface area contributed by atoms with Crippen LogP contribution in [0.1, 0.15) is 27.4 Å². The second kappa shape index (κ2) is 5.40. The van der Waals surface area contributed by atoms with Crippen LogP contribution in [0.4, 0.5) is 0 Å². The van der Waals surface area contributed by atoms with Crippen molar-refractivity contribution in [2.75, 3.05) is 0 Å². The third-order valence-corrected chi connectivity index (χ3v) is 2.98. The minimum atomic E-state index is -0.103. The molecule has 0 aliphatic rings. The Morgan fingerprint density at radius 1 is 1.28 bits per heavy atom. The summed E-state index contributed by atoms with van der Waals surface area (Å²) in [5.41, 5.74) is 1.69. The number of aryl methyl sites for hydroxylation is 2. The highest BCUT2D eigenvalue weighted by molar-refractivity contribution is 9.10. The van der Waals surface area contributed by atoms with Gasteiger partial charge in [0.25, 0.3) is 5.91 Å². The Balaban J connectivity index is 2.03. The van der Waals surface area contributed by atoms with Crippen molar-refractivity contribution < 1.29 is 9.21 Å². The van der Waals surface area contributed by atoms with E-state index in [4.69, 9.17) is 4.42 Å². The van der Waals surface area contributed by atoms with Gasteiger partial charge in [0.1, 0.15) is 11.5 Å². The van der Waals surface area contributed by atoms with Gasteiger partial charge in [0, 0.05) is 10.0 Å². The van der Waals surface area contributed by atoms with Crippen molar-refractivity contribution in [2.45, 2.75) is 20.4 Å². The van der Waals surface area contributed by atoms with Gasteiger partial charge in [-0.2, -0.15) is 0 Å². The van der Waals surface area contributed by atoms with Gasteiger partial charge in [0.05, 0.1) is 6.54 Å². The minimum Gasteiger partial charge on any atom is -0.465 e. The minimum absolute atomic E-state index is 0.103. The van der Waals surface area contributed by atoms with Crippen molar-refractivity contribution in [3.8, 4) is 0 Å². The van der Waals surface area contributed by atoms with Gasteiger partial charge >= 0.3 is 0 Å². The van der Waals surface area contributed by atoms with E-state index < -0.39 is 0 Å². The average Bonchev–Trinajstić information content (AvgIpc) is 2.70. The average molecular weight is 308 g/mol. The number of hydrogen-bond donors (Lipinski definition) is 1. The molecule has 2 aromatic rings. The first-order valence-corrected chi connectivity index (χ1v) is 6.44. The van der Waals surface area contributed by atoms with Crippen molar-refractivity contribution >= 4 is 21.8 Å². The molecule has 0 fully saturated rings. The predicted octanol–water partition coefficient (Wildman–Crippen LogP) is 3.59. The standard InChI is InChI=1S/C14H14BrNO2/c1-9-5-11(7-12(15)6-9)14(17)16-8-13-4-3-10(2)18-13/h3-7H,8H2,1-2H3,(H,16,17).